The Kier molecular flexibility index (Phi) is 7.54. The quantitative estimate of drug-likeness (QED) is 0.544. The molecule has 116 valence electrons. The maximum atomic E-state index is 11.6. The Hall–Kier alpha value is -1.14. The van der Waals surface area contributed by atoms with Gasteiger partial charge in [-0.2, -0.15) is 0 Å². The van der Waals surface area contributed by atoms with E-state index in [9.17, 15) is 9.59 Å². The molecular formula is C14H28N4O2. The lowest BCUT2D eigenvalue weighted by molar-refractivity contribution is -0.126. The topological polar surface area (TPSA) is 101 Å². The molecule has 0 spiro atoms. The van der Waals surface area contributed by atoms with Gasteiger partial charge in [-0.15, -0.1) is 0 Å². The lowest BCUT2D eigenvalue weighted by Gasteiger charge is -2.31. The third-order valence-corrected chi connectivity index (χ3v) is 3.94. The lowest BCUT2D eigenvalue weighted by Crippen LogP contribution is -2.44. The monoisotopic (exact) mass is 284 g/mol. The van der Waals surface area contributed by atoms with Crippen LogP contribution < -0.4 is 16.8 Å². The van der Waals surface area contributed by atoms with Crippen LogP contribution in [0.1, 0.15) is 44.9 Å². The van der Waals surface area contributed by atoms with Gasteiger partial charge in [0.1, 0.15) is 0 Å². The molecule has 0 aromatic carbocycles. The van der Waals surface area contributed by atoms with Crippen LogP contribution in [-0.4, -0.2) is 48.9 Å². The Bertz CT molecular complexity index is 316. The molecular weight excluding hydrogens is 256 g/mol. The molecule has 1 saturated carbocycles. The van der Waals surface area contributed by atoms with Crippen molar-refractivity contribution in [3.63, 3.8) is 0 Å². The summed E-state index contributed by atoms with van der Waals surface area (Å²) in [4.78, 5) is 24.6. The molecule has 6 heteroatoms. The van der Waals surface area contributed by atoms with Crippen molar-refractivity contribution in [1.82, 2.24) is 10.2 Å². The highest BCUT2D eigenvalue weighted by atomic mass is 16.2. The van der Waals surface area contributed by atoms with Gasteiger partial charge in [0.25, 0.3) is 0 Å². The van der Waals surface area contributed by atoms with Gasteiger partial charge in [-0.05, 0) is 32.9 Å². The van der Waals surface area contributed by atoms with E-state index in [-0.39, 0.29) is 12.3 Å². The summed E-state index contributed by atoms with van der Waals surface area (Å²) >= 11 is 0. The zero-order valence-electron chi connectivity index (χ0n) is 12.4. The smallest absolute Gasteiger partial charge is 0.237 e. The van der Waals surface area contributed by atoms with E-state index in [4.69, 9.17) is 11.5 Å². The van der Waals surface area contributed by atoms with Gasteiger partial charge in [0.2, 0.25) is 11.8 Å². The van der Waals surface area contributed by atoms with Gasteiger partial charge in [-0.25, -0.2) is 0 Å². The number of nitrogens with zero attached hydrogens (tertiary/aromatic N) is 1. The number of rotatable bonds is 8. The third kappa shape index (κ3) is 6.34. The normalized spacial score (nSPS) is 17.9. The number of amides is 2. The molecule has 0 aliphatic heterocycles. The van der Waals surface area contributed by atoms with E-state index in [2.05, 4.69) is 17.3 Å². The molecule has 0 aromatic heterocycles. The Labute approximate surface area is 121 Å². The molecule has 1 atom stereocenters. The molecule has 1 unspecified atom stereocenters. The molecule has 5 N–H and O–H groups in total. The summed E-state index contributed by atoms with van der Waals surface area (Å²) in [6.45, 7) is 1.55. The van der Waals surface area contributed by atoms with Crippen LogP contribution >= 0.6 is 0 Å². The summed E-state index contributed by atoms with van der Waals surface area (Å²) in [6, 6.07) is -0.139. The van der Waals surface area contributed by atoms with Crippen LogP contribution in [0.4, 0.5) is 0 Å². The van der Waals surface area contributed by atoms with Crippen LogP contribution in [0.25, 0.3) is 0 Å². The van der Waals surface area contributed by atoms with Crippen molar-refractivity contribution in [2.75, 3.05) is 20.1 Å². The molecule has 0 radical (unpaired) electrons. The zero-order valence-corrected chi connectivity index (χ0v) is 12.4. The van der Waals surface area contributed by atoms with Gasteiger partial charge in [0.05, 0.1) is 12.5 Å². The summed E-state index contributed by atoms with van der Waals surface area (Å²) in [7, 11) is 2.15. The van der Waals surface area contributed by atoms with E-state index in [1.807, 2.05) is 0 Å². The van der Waals surface area contributed by atoms with Gasteiger partial charge in [-0.3, -0.25) is 9.59 Å². The number of hydrogen-bond donors (Lipinski definition) is 3. The lowest BCUT2D eigenvalue weighted by atomic mass is 9.94. The number of hydrogen-bond acceptors (Lipinski definition) is 4. The summed E-state index contributed by atoms with van der Waals surface area (Å²) in [5.41, 5.74) is 10.6. The average Bonchev–Trinajstić information content (AvgIpc) is 2.43. The Balaban J connectivity index is 2.11. The molecule has 1 aliphatic rings. The van der Waals surface area contributed by atoms with Crippen LogP contribution in [0.5, 0.6) is 0 Å². The van der Waals surface area contributed by atoms with Crippen molar-refractivity contribution >= 4 is 11.8 Å². The predicted octanol–water partition coefficient (Wildman–Crippen LogP) is -0.0401. The van der Waals surface area contributed by atoms with Gasteiger partial charge < -0.3 is 21.7 Å². The van der Waals surface area contributed by atoms with Crippen molar-refractivity contribution in [3.8, 4) is 0 Å². The minimum Gasteiger partial charge on any atom is -0.370 e. The van der Waals surface area contributed by atoms with Crippen molar-refractivity contribution in [2.45, 2.75) is 57.0 Å². The van der Waals surface area contributed by atoms with Gasteiger partial charge in [-0.1, -0.05) is 19.3 Å². The molecule has 1 fully saturated rings. The third-order valence-electron chi connectivity index (χ3n) is 3.94. The fraction of sp³-hybridized carbons (Fsp3) is 0.857. The molecule has 1 rings (SSSR count). The fourth-order valence-corrected chi connectivity index (χ4v) is 2.68. The fourth-order valence-electron chi connectivity index (χ4n) is 2.68. The summed E-state index contributed by atoms with van der Waals surface area (Å²) < 4.78 is 0. The van der Waals surface area contributed by atoms with Crippen molar-refractivity contribution in [3.05, 3.63) is 0 Å². The van der Waals surface area contributed by atoms with Crippen LogP contribution in [0.3, 0.4) is 0 Å². The molecule has 2 amide bonds. The van der Waals surface area contributed by atoms with E-state index in [0.29, 0.717) is 12.6 Å². The summed E-state index contributed by atoms with van der Waals surface area (Å²) in [5, 5.41) is 2.75. The number of nitrogens with two attached hydrogens (primary N) is 2. The number of nitrogens with one attached hydrogen (secondary N) is 1. The first-order valence-corrected chi connectivity index (χ1v) is 7.52. The largest absolute Gasteiger partial charge is 0.370 e. The minimum atomic E-state index is -0.830. The Morgan fingerprint density at radius 1 is 1.30 bits per heavy atom. The first-order valence-electron chi connectivity index (χ1n) is 7.52. The summed E-state index contributed by atoms with van der Waals surface area (Å²) in [6.07, 6.45) is 7.37. The van der Waals surface area contributed by atoms with Gasteiger partial charge >= 0.3 is 0 Å². The van der Waals surface area contributed by atoms with E-state index in [1.165, 1.54) is 32.1 Å². The zero-order chi connectivity index (χ0) is 15.0. The maximum Gasteiger partial charge on any atom is 0.237 e. The minimum absolute atomic E-state index is 0.103. The highest BCUT2D eigenvalue weighted by Crippen LogP contribution is 2.21. The second-order valence-corrected chi connectivity index (χ2v) is 5.69. The molecule has 6 nitrogen and oxygen atoms in total. The first-order chi connectivity index (χ1) is 9.50. The molecule has 0 heterocycles. The number of carbonyl (C=O) groups is 2. The van der Waals surface area contributed by atoms with Crippen LogP contribution in [0.2, 0.25) is 0 Å². The van der Waals surface area contributed by atoms with E-state index in [1.54, 1.807) is 0 Å². The predicted molar refractivity (Wildman–Crippen MR) is 78.9 cm³/mol. The Morgan fingerprint density at radius 3 is 2.55 bits per heavy atom. The molecule has 0 aromatic rings. The second kappa shape index (κ2) is 8.92. The van der Waals surface area contributed by atoms with Crippen molar-refractivity contribution < 1.29 is 9.59 Å². The summed E-state index contributed by atoms with van der Waals surface area (Å²) in [5.74, 6) is -0.853. The maximum absolute atomic E-state index is 11.6. The van der Waals surface area contributed by atoms with Crippen LogP contribution in [0.15, 0.2) is 0 Å². The Morgan fingerprint density at radius 2 is 1.95 bits per heavy atom. The van der Waals surface area contributed by atoms with E-state index >= 15 is 0 Å². The second-order valence-electron chi connectivity index (χ2n) is 5.69. The molecule has 0 bridgehead atoms. The highest BCUT2D eigenvalue weighted by Gasteiger charge is 2.18. The van der Waals surface area contributed by atoms with Gasteiger partial charge in [0, 0.05) is 12.6 Å². The van der Waals surface area contributed by atoms with Crippen LogP contribution in [0, 0.1) is 0 Å². The number of primary amides is 1. The number of carbonyl (C=O) groups excluding carboxylic acids is 2. The standard InChI is InChI=1S/C14H28N4O2/c1-18(11-6-3-2-4-7-11)9-5-8-17-14(20)12(15)10-13(16)19/h11-12H,2-10,15H2,1H3,(H2,16,19)(H,17,20). The van der Waals surface area contributed by atoms with E-state index in [0.717, 1.165) is 13.0 Å². The van der Waals surface area contributed by atoms with Crippen LogP contribution in [-0.2, 0) is 9.59 Å². The average molecular weight is 284 g/mol. The first kappa shape index (κ1) is 16.9. The molecule has 1 aliphatic carbocycles. The SMILES string of the molecule is CN(CCCNC(=O)C(N)CC(N)=O)C1CCCCC1. The van der Waals surface area contributed by atoms with E-state index < -0.39 is 11.9 Å². The highest BCUT2D eigenvalue weighted by molar-refractivity contribution is 5.87. The molecule has 0 saturated heterocycles. The van der Waals surface area contributed by atoms with Gasteiger partial charge in [0.15, 0.2) is 0 Å². The molecule has 20 heavy (non-hydrogen) atoms. The van der Waals surface area contributed by atoms with Crippen molar-refractivity contribution in [1.29, 1.82) is 0 Å². The van der Waals surface area contributed by atoms with Crippen molar-refractivity contribution in [2.24, 2.45) is 11.5 Å².